The maximum atomic E-state index is 13.3. The van der Waals surface area contributed by atoms with E-state index in [2.05, 4.69) is 53.8 Å². The summed E-state index contributed by atoms with van der Waals surface area (Å²) in [6.07, 6.45) is 1.79. The maximum Gasteiger partial charge on any atom is 0.410 e. The van der Waals surface area contributed by atoms with E-state index >= 15 is 0 Å². The molecule has 2 aliphatic heterocycles. The average Bonchev–Trinajstić information content (AvgIpc) is 3.32. The molecule has 1 fully saturated rings. The van der Waals surface area contributed by atoms with Gasteiger partial charge in [-0.2, -0.15) is 0 Å². The summed E-state index contributed by atoms with van der Waals surface area (Å²) in [6.45, 7) is 1.98. The van der Waals surface area contributed by atoms with Crippen molar-refractivity contribution in [3.8, 4) is 11.1 Å². The molecule has 5 heteroatoms. The molecule has 1 amide bonds. The molecule has 0 saturated carbocycles. The van der Waals surface area contributed by atoms with E-state index < -0.39 is 0 Å². The molecular formula is C27H25ClN2O2. The fourth-order valence-corrected chi connectivity index (χ4v) is 5.97. The lowest BCUT2D eigenvalue weighted by Crippen LogP contribution is -2.33. The van der Waals surface area contributed by atoms with E-state index in [1.807, 2.05) is 23.1 Å². The molecule has 4 nitrogen and oxygen atoms in total. The van der Waals surface area contributed by atoms with E-state index in [0.29, 0.717) is 17.5 Å². The predicted octanol–water partition coefficient (Wildman–Crippen LogP) is 6.47. The van der Waals surface area contributed by atoms with Gasteiger partial charge in [0.15, 0.2) is 0 Å². The second-order valence-corrected chi connectivity index (χ2v) is 9.37. The third kappa shape index (κ3) is 3.17. The Bertz CT molecular complexity index is 1150. The number of rotatable bonds is 2. The van der Waals surface area contributed by atoms with E-state index in [0.717, 1.165) is 37.2 Å². The number of hydrogen-bond acceptors (Lipinski definition) is 3. The number of hydrogen-bond donors (Lipinski definition) is 1. The molecule has 3 aromatic rings. The number of nitrogens with one attached hydrogen (secondary N) is 1. The van der Waals surface area contributed by atoms with Gasteiger partial charge in [-0.1, -0.05) is 60.1 Å². The molecule has 2 unspecified atom stereocenters. The Kier molecular flexibility index (Phi) is 4.83. The number of fused-ring (bicyclic) bond motifs is 6. The molecule has 0 spiro atoms. The van der Waals surface area contributed by atoms with Crippen LogP contribution in [0.3, 0.4) is 0 Å². The van der Waals surface area contributed by atoms with Crippen molar-refractivity contribution in [2.45, 2.75) is 24.8 Å². The minimum absolute atomic E-state index is 0.00866. The zero-order valence-electron chi connectivity index (χ0n) is 17.8. The molecule has 0 aromatic heterocycles. The number of amides is 1. The van der Waals surface area contributed by atoms with Crippen molar-refractivity contribution in [2.24, 2.45) is 5.92 Å². The number of ether oxygens (including phenoxy) is 1. The number of benzene rings is 3. The molecule has 2 atom stereocenters. The Hall–Kier alpha value is -2.98. The smallest absolute Gasteiger partial charge is 0.410 e. The largest absolute Gasteiger partial charge is 0.448 e. The second-order valence-electron chi connectivity index (χ2n) is 8.94. The van der Waals surface area contributed by atoms with Gasteiger partial charge in [0.25, 0.3) is 0 Å². The fourth-order valence-electron chi connectivity index (χ4n) is 5.79. The van der Waals surface area contributed by atoms with Crippen LogP contribution in [0.15, 0.2) is 66.7 Å². The van der Waals surface area contributed by atoms with Crippen LogP contribution in [0, 0.1) is 5.92 Å². The summed E-state index contributed by atoms with van der Waals surface area (Å²) < 4.78 is 5.99. The van der Waals surface area contributed by atoms with E-state index in [4.69, 9.17) is 16.3 Å². The van der Waals surface area contributed by atoms with Gasteiger partial charge in [0, 0.05) is 29.7 Å². The molecule has 6 rings (SSSR count). The van der Waals surface area contributed by atoms with Gasteiger partial charge < -0.3 is 15.0 Å². The van der Waals surface area contributed by atoms with Crippen LogP contribution in [0.1, 0.15) is 41.5 Å². The first kappa shape index (κ1) is 19.7. The first-order chi connectivity index (χ1) is 15.7. The fraction of sp³-hybridized carbons (Fsp3) is 0.296. The number of carbonyl (C=O) groups is 1. The van der Waals surface area contributed by atoms with Crippen LogP contribution in [0.25, 0.3) is 11.1 Å². The minimum atomic E-state index is -0.229. The SMILES string of the molecule is O=C(OCC1c2ccccc2-c2ccccc21)N1CCC2CCNc3ccc(Cl)cc3C21. The highest BCUT2D eigenvalue weighted by molar-refractivity contribution is 6.30. The number of anilines is 1. The summed E-state index contributed by atoms with van der Waals surface area (Å²) >= 11 is 6.33. The Labute approximate surface area is 193 Å². The Balaban J connectivity index is 1.26. The number of carbonyl (C=O) groups excluding carboxylic acids is 1. The zero-order chi connectivity index (χ0) is 21.7. The van der Waals surface area contributed by atoms with Crippen molar-refractivity contribution in [3.63, 3.8) is 0 Å². The van der Waals surface area contributed by atoms with Crippen LogP contribution >= 0.6 is 11.6 Å². The maximum absolute atomic E-state index is 13.3. The topological polar surface area (TPSA) is 41.6 Å². The van der Waals surface area contributed by atoms with Crippen LogP contribution in [0.2, 0.25) is 5.02 Å². The van der Waals surface area contributed by atoms with Gasteiger partial charge in [-0.15, -0.1) is 0 Å². The molecule has 0 bridgehead atoms. The van der Waals surface area contributed by atoms with Crippen molar-refractivity contribution < 1.29 is 9.53 Å². The minimum Gasteiger partial charge on any atom is -0.448 e. The van der Waals surface area contributed by atoms with Gasteiger partial charge in [0.05, 0.1) is 6.04 Å². The Morgan fingerprint density at radius 3 is 2.44 bits per heavy atom. The van der Waals surface area contributed by atoms with Crippen LogP contribution in [-0.2, 0) is 4.74 Å². The monoisotopic (exact) mass is 444 g/mol. The van der Waals surface area contributed by atoms with E-state index in [-0.39, 0.29) is 18.1 Å². The van der Waals surface area contributed by atoms with E-state index in [9.17, 15) is 4.79 Å². The van der Waals surface area contributed by atoms with Crippen molar-refractivity contribution >= 4 is 23.4 Å². The summed E-state index contributed by atoms with van der Waals surface area (Å²) in [7, 11) is 0. The molecule has 32 heavy (non-hydrogen) atoms. The molecule has 1 N–H and O–H groups in total. The molecule has 3 aliphatic rings. The first-order valence-electron chi connectivity index (χ1n) is 11.4. The molecule has 0 radical (unpaired) electrons. The molecule has 1 saturated heterocycles. The molecule has 1 aliphatic carbocycles. The first-order valence-corrected chi connectivity index (χ1v) is 11.7. The van der Waals surface area contributed by atoms with E-state index in [1.54, 1.807) is 0 Å². The molecular weight excluding hydrogens is 420 g/mol. The van der Waals surface area contributed by atoms with Gasteiger partial charge in [-0.05, 0) is 64.8 Å². The van der Waals surface area contributed by atoms with Crippen molar-refractivity contribution in [1.29, 1.82) is 0 Å². The van der Waals surface area contributed by atoms with Gasteiger partial charge in [-0.25, -0.2) is 4.79 Å². The number of halogens is 1. The summed E-state index contributed by atoms with van der Waals surface area (Å²) in [6, 6.07) is 22.8. The lowest BCUT2D eigenvalue weighted by molar-refractivity contribution is 0.0917. The third-order valence-electron chi connectivity index (χ3n) is 7.26. The summed E-state index contributed by atoms with van der Waals surface area (Å²) in [5, 5.41) is 4.20. The normalized spacial score (nSPS) is 21.1. The molecule has 3 aromatic carbocycles. The lowest BCUT2D eigenvalue weighted by atomic mass is 9.92. The van der Waals surface area contributed by atoms with Crippen LogP contribution in [0.5, 0.6) is 0 Å². The summed E-state index contributed by atoms with van der Waals surface area (Å²) in [5.41, 5.74) is 7.12. The highest BCUT2D eigenvalue weighted by atomic mass is 35.5. The highest BCUT2D eigenvalue weighted by Gasteiger charge is 2.41. The predicted molar refractivity (Wildman–Crippen MR) is 127 cm³/mol. The molecule has 162 valence electrons. The standard InChI is InChI=1S/C27H25ClN2O2/c28-18-9-10-25-23(15-18)26-17(11-13-29-25)12-14-30(26)27(31)32-16-24-21-7-3-1-5-19(21)20-6-2-4-8-22(20)24/h1-10,15,17,24,26,29H,11-14,16H2. The summed E-state index contributed by atoms with van der Waals surface area (Å²) in [5.74, 6) is 0.491. The number of nitrogens with zero attached hydrogens (tertiary/aromatic N) is 1. The molecule has 2 heterocycles. The van der Waals surface area contributed by atoms with E-state index in [1.165, 1.54) is 22.3 Å². The summed E-state index contributed by atoms with van der Waals surface area (Å²) in [4.78, 5) is 15.3. The van der Waals surface area contributed by atoms with Crippen molar-refractivity contribution in [3.05, 3.63) is 88.4 Å². The van der Waals surface area contributed by atoms with Crippen LogP contribution < -0.4 is 5.32 Å². The van der Waals surface area contributed by atoms with Crippen molar-refractivity contribution in [1.82, 2.24) is 4.90 Å². The lowest BCUT2D eigenvalue weighted by Gasteiger charge is -2.28. The van der Waals surface area contributed by atoms with Crippen molar-refractivity contribution in [2.75, 3.05) is 25.0 Å². The van der Waals surface area contributed by atoms with Crippen LogP contribution in [0.4, 0.5) is 10.5 Å². The van der Waals surface area contributed by atoms with Gasteiger partial charge in [-0.3, -0.25) is 0 Å². The van der Waals surface area contributed by atoms with Gasteiger partial charge in [0.1, 0.15) is 6.61 Å². The van der Waals surface area contributed by atoms with Crippen LogP contribution in [-0.4, -0.2) is 30.7 Å². The zero-order valence-corrected chi connectivity index (χ0v) is 18.5. The highest BCUT2D eigenvalue weighted by Crippen LogP contribution is 2.46. The Morgan fingerprint density at radius 2 is 1.69 bits per heavy atom. The quantitative estimate of drug-likeness (QED) is 0.492. The van der Waals surface area contributed by atoms with Gasteiger partial charge >= 0.3 is 6.09 Å². The Morgan fingerprint density at radius 1 is 0.969 bits per heavy atom. The average molecular weight is 445 g/mol. The third-order valence-corrected chi connectivity index (χ3v) is 7.49. The van der Waals surface area contributed by atoms with Gasteiger partial charge in [0.2, 0.25) is 0 Å². The second kappa shape index (κ2) is 7.86. The number of likely N-dealkylation sites (tertiary alicyclic amines) is 1.